The Morgan fingerprint density at radius 2 is 1.96 bits per heavy atom. The lowest BCUT2D eigenvalue weighted by molar-refractivity contribution is 0.473. The summed E-state index contributed by atoms with van der Waals surface area (Å²) in [4.78, 5) is 8.78. The van der Waals surface area contributed by atoms with Crippen LogP contribution in [0, 0.1) is 19.7 Å². The molecule has 5 nitrogen and oxygen atoms in total. The number of aromatic nitrogens is 1. The Morgan fingerprint density at radius 1 is 1.22 bits per heavy atom. The fourth-order valence-corrected chi connectivity index (χ4v) is 2.07. The van der Waals surface area contributed by atoms with Gasteiger partial charge in [-0.1, -0.05) is 12.1 Å². The zero-order valence-corrected chi connectivity index (χ0v) is 13.8. The lowest BCUT2D eigenvalue weighted by Gasteiger charge is -2.10. The first-order chi connectivity index (χ1) is 11.1. The summed E-state index contributed by atoms with van der Waals surface area (Å²) in [7, 11) is 0. The summed E-state index contributed by atoms with van der Waals surface area (Å²) < 4.78 is 18.4. The van der Waals surface area contributed by atoms with Crippen LogP contribution in [0.15, 0.2) is 33.7 Å². The minimum atomic E-state index is -0.215. The van der Waals surface area contributed by atoms with Gasteiger partial charge in [-0.2, -0.15) is 0 Å². The van der Waals surface area contributed by atoms with Crippen molar-refractivity contribution in [2.75, 3.05) is 13.1 Å². The maximum Gasteiger partial charge on any atom is 0.216 e. The van der Waals surface area contributed by atoms with Crippen molar-refractivity contribution >= 4 is 5.96 Å². The van der Waals surface area contributed by atoms with Gasteiger partial charge in [-0.3, -0.25) is 0 Å². The molecule has 1 aromatic carbocycles. The van der Waals surface area contributed by atoms with Gasteiger partial charge in [0.1, 0.15) is 18.1 Å². The first-order valence-electron chi connectivity index (χ1n) is 7.78. The average Bonchev–Trinajstić information content (AvgIpc) is 2.85. The number of hydrogen-bond acceptors (Lipinski definition) is 3. The summed E-state index contributed by atoms with van der Waals surface area (Å²) in [5.41, 5.74) is 1.97. The summed E-state index contributed by atoms with van der Waals surface area (Å²) in [5.74, 6) is 1.93. The van der Waals surface area contributed by atoms with E-state index in [2.05, 4.69) is 20.6 Å². The Labute approximate surface area is 136 Å². The van der Waals surface area contributed by atoms with E-state index in [1.54, 1.807) is 12.1 Å². The Morgan fingerprint density at radius 3 is 2.57 bits per heavy atom. The first-order valence-corrected chi connectivity index (χ1v) is 7.78. The SMILES string of the molecule is CCNC(=NCc1nc(C)c(C)o1)NCCc1ccc(F)cc1. The average molecular weight is 318 g/mol. The van der Waals surface area contributed by atoms with Crippen LogP contribution in [0.3, 0.4) is 0 Å². The highest BCUT2D eigenvalue weighted by molar-refractivity contribution is 5.79. The summed E-state index contributed by atoms with van der Waals surface area (Å²) >= 11 is 0. The second-order valence-corrected chi connectivity index (χ2v) is 5.25. The Kier molecular flexibility index (Phi) is 6.14. The van der Waals surface area contributed by atoms with Crippen molar-refractivity contribution < 1.29 is 8.81 Å². The molecule has 0 aliphatic heterocycles. The van der Waals surface area contributed by atoms with Crippen LogP contribution < -0.4 is 10.6 Å². The molecule has 0 spiro atoms. The molecular formula is C17H23FN4O. The fourth-order valence-electron chi connectivity index (χ4n) is 2.07. The van der Waals surface area contributed by atoms with E-state index >= 15 is 0 Å². The number of oxazole rings is 1. The summed E-state index contributed by atoms with van der Waals surface area (Å²) in [6.45, 7) is 7.68. The maximum atomic E-state index is 12.9. The molecule has 2 aromatic rings. The normalized spacial score (nSPS) is 11.6. The van der Waals surface area contributed by atoms with Crippen molar-refractivity contribution in [3.05, 3.63) is 53.0 Å². The third-order valence-electron chi connectivity index (χ3n) is 3.41. The second kappa shape index (κ2) is 8.31. The monoisotopic (exact) mass is 318 g/mol. The van der Waals surface area contributed by atoms with Crippen LogP contribution in [0.4, 0.5) is 4.39 Å². The van der Waals surface area contributed by atoms with E-state index in [0.29, 0.717) is 24.9 Å². The zero-order chi connectivity index (χ0) is 16.7. The van der Waals surface area contributed by atoms with Crippen molar-refractivity contribution in [1.29, 1.82) is 0 Å². The summed E-state index contributed by atoms with van der Waals surface area (Å²) in [5, 5.41) is 6.43. The van der Waals surface area contributed by atoms with Gasteiger partial charge >= 0.3 is 0 Å². The van der Waals surface area contributed by atoms with Crippen molar-refractivity contribution in [3.8, 4) is 0 Å². The van der Waals surface area contributed by atoms with Crippen LogP contribution in [0.25, 0.3) is 0 Å². The van der Waals surface area contributed by atoms with Crippen LogP contribution in [-0.4, -0.2) is 24.0 Å². The molecule has 0 aliphatic rings. The molecule has 6 heteroatoms. The first kappa shape index (κ1) is 17.0. The third kappa shape index (κ3) is 5.39. The number of guanidine groups is 1. The fraction of sp³-hybridized carbons (Fsp3) is 0.412. The molecule has 23 heavy (non-hydrogen) atoms. The Hall–Kier alpha value is -2.37. The van der Waals surface area contributed by atoms with Gasteiger partial charge in [0.15, 0.2) is 5.96 Å². The molecule has 2 rings (SSSR count). The van der Waals surface area contributed by atoms with Crippen LogP contribution in [0.5, 0.6) is 0 Å². The van der Waals surface area contributed by atoms with E-state index in [1.807, 2.05) is 20.8 Å². The maximum absolute atomic E-state index is 12.9. The second-order valence-electron chi connectivity index (χ2n) is 5.25. The molecule has 2 N–H and O–H groups in total. The van der Waals surface area contributed by atoms with E-state index in [-0.39, 0.29) is 5.82 Å². The molecule has 0 atom stereocenters. The highest BCUT2D eigenvalue weighted by Crippen LogP contribution is 2.08. The number of aryl methyl sites for hydroxylation is 2. The van der Waals surface area contributed by atoms with E-state index in [0.717, 1.165) is 30.0 Å². The minimum absolute atomic E-state index is 0.215. The number of halogens is 1. The van der Waals surface area contributed by atoms with Crippen molar-refractivity contribution in [1.82, 2.24) is 15.6 Å². The molecule has 1 heterocycles. The molecule has 0 bridgehead atoms. The van der Waals surface area contributed by atoms with Gasteiger partial charge < -0.3 is 15.1 Å². The molecule has 0 saturated heterocycles. The number of aliphatic imine (C=N–C) groups is 1. The molecule has 0 amide bonds. The molecule has 1 aromatic heterocycles. The van der Waals surface area contributed by atoms with Crippen LogP contribution in [-0.2, 0) is 13.0 Å². The predicted octanol–water partition coefficient (Wildman–Crippen LogP) is 2.73. The largest absolute Gasteiger partial charge is 0.444 e. The van der Waals surface area contributed by atoms with Crippen molar-refractivity contribution in [2.45, 2.75) is 33.7 Å². The highest BCUT2D eigenvalue weighted by atomic mass is 19.1. The van der Waals surface area contributed by atoms with Gasteiger partial charge in [-0.25, -0.2) is 14.4 Å². The van der Waals surface area contributed by atoms with Gasteiger partial charge in [0.2, 0.25) is 5.89 Å². The lowest BCUT2D eigenvalue weighted by Crippen LogP contribution is -2.38. The van der Waals surface area contributed by atoms with Crippen LogP contribution in [0.2, 0.25) is 0 Å². The standard InChI is InChI=1S/C17H23FN4O/c1-4-19-17(21-11-16-22-12(2)13(3)23-16)20-10-9-14-5-7-15(18)8-6-14/h5-8H,4,9-11H2,1-3H3,(H2,19,20,21). The van der Waals surface area contributed by atoms with Gasteiger partial charge in [0.25, 0.3) is 0 Å². The third-order valence-corrected chi connectivity index (χ3v) is 3.41. The van der Waals surface area contributed by atoms with Gasteiger partial charge in [0, 0.05) is 13.1 Å². The molecule has 0 aliphatic carbocycles. The highest BCUT2D eigenvalue weighted by Gasteiger charge is 2.05. The molecule has 0 saturated carbocycles. The lowest BCUT2D eigenvalue weighted by atomic mass is 10.1. The van der Waals surface area contributed by atoms with Crippen LogP contribution >= 0.6 is 0 Å². The van der Waals surface area contributed by atoms with Crippen molar-refractivity contribution in [3.63, 3.8) is 0 Å². The Balaban J connectivity index is 1.87. The summed E-state index contributed by atoms with van der Waals surface area (Å²) in [6.07, 6.45) is 0.794. The number of benzene rings is 1. The van der Waals surface area contributed by atoms with E-state index in [9.17, 15) is 4.39 Å². The number of hydrogen-bond donors (Lipinski definition) is 2. The van der Waals surface area contributed by atoms with Gasteiger partial charge in [0.05, 0.1) is 5.69 Å². The number of nitrogens with one attached hydrogen (secondary N) is 2. The van der Waals surface area contributed by atoms with Gasteiger partial charge in [-0.05, 0) is 44.9 Å². The van der Waals surface area contributed by atoms with Crippen LogP contribution in [0.1, 0.15) is 29.8 Å². The number of nitrogens with zero attached hydrogens (tertiary/aromatic N) is 2. The zero-order valence-electron chi connectivity index (χ0n) is 13.8. The quantitative estimate of drug-likeness (QED) is 0.635. The summed E-state index contributed by atoms with van der Waals surface area (Å²) in [6, 6.07) is 6.53. The topological polar surface area (TPSA) is 62.5 Å². The molecule has 0 radical (unpaired) electrons. The molecule has 0 fully saturated rings. The molecule has 124 valence electrons. The Bertz CT molecular complexity index is 630. The van der Waals surface area contributed by atoms with Gasteiger partial charge in [-0.15, -0.1) is 0 Å². The minimum Gasteiger partial charge on any atom is -0.444 e. The number of rotatable bonds is 6. The molecule has 0 unspecified atom stereocenters. The predicted molar refractivity (Wildman–Crippen MR) is 88.9 cm³/mol. The van der Waals surface area contributed by atoms with E-state index in [4.69, 9.17) is 4.42 Å². The smallest absolute Gasteiger partial charge is 0.216 e. The molecular weight excluding hydrogens is 295 g/mol. The van der Waals surface area contributed by atoms with E-state index in [1.165, 1.54) is 12.1 Å². The van der Waals surface area contributed by atoms with E-state index < -0.39 is 0 Å². The van der Waals surface area contributed by atoms with Crippen molar-refractivity contribution in [2.24, 2.45) is 4.99 Å².